The van der Waals surface area contributed by atoms with Gasteiger partial charge in [0.2, 0.25) is 0 Å². The molecule has 6 nitrogen and oxygen atoms in total. The van der Waals surface area contributed by atoms with E-state index in [0.717, 1.165) is 31.5 Å². The van der Waals surface area contributed by atoms with Gasteiger partial charge in [-0.2, -0.15) is 5.10 Å². The lowest BCUT2D eigenvalue weighted by molar-refractivity contribution is 0.102. The molecule has 1 amide bonds. The summed E-state index contributed by atoms with van der Waals surface area (Å²) >= 11 is 6.04. The van der Waals surface area contributed by atoms with Crippen molar-refractivity contribution < 1.29 is 14.3 Å². The van der Waals surface area contributed by atoms with Crippen LogP contribution in [0.2, 0.25) is 5.02 Å². The van der Waals surface area contributed by atoms with Gasteiger partial charge >= 0.3 is 0 Å². The fourth-order valence-electron chi connectivity index (χ4n) is 3.77. The number of hydrogen-bond donors (Lipinski definition) is 2. The third-order valence-corrected chi connectivity index (χ3v) is 5.57. The van der Waals surface area contributed by atoms with Crippen LogP contribution in [0.1, 0.15) is 34.8 Å². The van der Waals surface area contributed by atoms with Crippen molar-refractivity contribution in [2.45, 2.75) is 25.4 Å². The zero-order valence-electron chi connectivity index (χ0n) is 16.3. The lowest BCUT2D eigenvalue weighted by atomic mass is 10.0. The van der Waals surface area contributed by atoms with E-state index in [4.69, 9.17) is 11.6 Å². The van der Waals surface area contributed by atoms with Gasteiger partial charge in [-0.15, -0.1) is 0 Å². The minimum atomic E-state index is -0.450. The second kappa shape index (κ2) is 8.85. The summed E-state index contributed by atoms with van der Waals surface area (Å²) in [5, 5.41) is 17.9. The molecule has 1 aromatic heterocycles. The highest BCUT2D eigenvalue weighted by molar-refractivity contribution is 6.30. The number of likely N-dealkylation sites (tertiary alicyclic amines) is 1. The van der Waals surface area contributed by atoms with E-state index in [9.17, 15) is 14.3 Å². The van der Waals surface area contributed by atoms with Crippen molar-refractivity contribution in [2.24, 2.45) is 0 Å². The van der Waals surface area contributed by atoms with Crippen molar-refractivity contribution in [1.82, 2.24) is 14.7 Å². The van der Waals surface area contributed by atoms with E-state index in [1.54, 1.807) is 36.5 Å². The number of carbonyl (C=O) groups is 1. The maximum Gasteiger partial charge on any atom is 0.256 e. The molecular weight excluding hydrogens is 407 g/mol. The van der Waals surface area contributed by atoms with Crippen LogP contribution < -0.4 is 5.32 Å². The molecule has 0 atom stereocenters. The summed E-state index contributed by atoms with van der Waals surface area (Å²) in [5.41, 5.74) is 1.07. The summed E-state index contributed by atoms with van der Waals surface area (Å²) in [6.07, 6.45) is 3.36. The van der Waals surface area contributed by atoms with E-state index in [0.29, 0.717) is 17.4 Å². The molecule has 2 heterocycles. The fraction of sp³-hybridized carbons (Fsp3) is 0.273. The van der Waals surface area contributed by atoms with Crippen LogP contribution >= 0.6 is 11.6 Å². The van der Waals surface area contributed by atoms with Gasteiger partial charge < -0.3 is 10.4 Å². The molecule has 0 spiro atoms. The molecule has 0 aliphatic carbocycles. The number of phenolic OH excluding ortho intramolecular Hbond substituents is 1. The second-order valence-corrected chi connectivity index (χ2v) is 7.84. The summed E-state index contributed by atoms with van der Waals surface area (Å²) in [6.45, 7) is 2.28. The summed E-state index contributed by atoms with van der Waals surface area (Å²) in [6, 6.07) is 12.6. The summed E-state index contributed by atoms with van der Waals surface area (Å²) in [5.74, 6) is 0.0190. The summed E-state index contributed by atoms with van der Waals surface area (Å²) in [4.78, 5) is 14.7. The van der Waals surface area contributed by atoms with Crippen molar-refractivity contribution in [3.05, 3.63) is 76.7 Å². The van der Waals surface area contributed by atoms with Crippen molar-refractivity contribution in [3.63, 3.8) is 0 Å². The van der Waals surface area contributed by atoms with Gasteiger partial charge in [-0.1, -0.05) is 17.7 Å². The van der Waals surface area contributed by atoms with Gasteiger partial charge in [-0.3, -0.25) is 9.69 Å². The molecule has 2 aromatic carbocycles. The first-order valence-electron chi connectivity index (χ1n) is 9.80. The molecule has 3 aromatic rings. The Kier molecular flexibility index (Phi) is 6.01. The zero-order valence-corrected chi connectivity index (χ0v) is 17.0. The molecule has 1 fully saturated rings. The Morgan fingerprint density at radius 2 is 2.00 bits per heavy atom. The number of amides is 1. The number of aromatic hydroxyl groups is 1. The smallest absolute Gasteiger partial charge is 0.256 e. The van der Waals surface area contributed by atoms with Crippen LogP contribution in [0.25, 0.3) is 0 Å². The number of nitrogens with one attached hydrogen (secondary N) is 1. The second-order valence-electron chi connectivity index (χ2n) is 7.41. The van der Waals surface area contributed by atoms with Crippen LogP contribution in [0.3, 0.4) is 0 Å². The van der Waals surface area contributed by atoms with Gasteiger partial charge in [-0.05, 0) is 49.2 Å². The third kappa shape index (κ3) is 4.63. The Hall–Kier alpha value is -2.90. The highest BCUT2D eigenvalue weighted by Crippen LogP contribution is 2.29. The lowest BCUT2D eigenvalue weighted by Crippen LogP contribution is -2.35. The Labute approximate surface area is 178 Å². The highest BCUT2D eigenvalue weighted by atomic mass is 35.5. The molecule has 0 bridgehead atoms. The number of hydrogen-bond acceptors (Lipinski definition) is 4. The van der Waals surface area contributed by atoms with E-state index in [1.807, 2.05) is 4.68 Å². The maximum absolute atomic E-state index is 13.4. The predicted molar refractivity (Wildman–Crippen MR) is 113 cm³/mol. The van der Waals surface area contributed by atoms with Gasteiger partial charge in [0, 0.05) is 41.9 Å². The molecule has 8 heteroatoms. The first-order chi connectivity index (χ1) is 14.5. The number of aromatic nitrogens is 2. The van der Waals surface area contributed by atoms with Crippen molar-refractivity contribution in [1.29, 1.82) is 0 Å². The van der Waals surface area contributed by atoms with E-state index in [-0.39, 0.29) is 23.3 Å². The molecule has 4 rings (SSSR count). The number of piperidine rings is 1. The number of benzene rings is 2. The van der Waals surface area contributed by atoms with Crippen molar-refractivity contribution >= 4 is 23.3 Å². The number of halogens is 2. The predicted octanol–water partition coefficient (Wildman–Crippen LogP) is 4.47. The quantitative estimate of drug-likeness (QED) is 0.629. The van der Waals surface area contributed by atoms with E-state index in [2.05, 4.69) is 15.3 Å². The number of carbonyl (C=O) groups excluding carboxylic acids is 1. The van der Waals surface area contributed by atoms with Gasteiger partial charge in [0.05, 0.1) is 12.2 Å². The van der Waals surface area contributed by atoms with Crippen LogP contribution in [0, 0.1) is 5.82 Å². The fourth-order valence-corrected chi connectivity index (χ4v) is 3.96. The zero-order chi connectivity index (χ0) is 21.1. The average Bonchev–Trinajstić information content (AvgIpc) is 3.19. The minimum absolute atomic E-state index is 0.145. The monoisotopic (exact) mass is 428 g/mol. The molecule has 2 N–H and O–H groups in total. The third-order valence-electron chi connectivity index (χ3n) is 5.34. The van der Waals surface area contributed by atoms with Crippen molar-refractivity contribution in [3.8, 4) is 5.75 Å². The van der Waals surface area contributed by atoms with Crippen LogP contribution in [-0.2, 0) is 6.54 Å². The normalized spacial score (nSPS) is 15.3. The van der Waals surface area contributed by atoms with Gasteiger partial charge in [0.1, 0.15) is 17.4 Å². The molecule has 30 heavy (non-hydrogen) atoms. The van der Waals surface area contributed by atoms with E-state index < -0.39 is 5.82 Å². The number of rotatable bonds is 5. The topological polar surface area (TPSA) is 70.4 Å². The SMILES string of the molecule is O=C(Nc1ccnn1C1CCN(Cc2cc(Cl)ccc2O)CC1)c1cccc(F)c1. The summed E-state index contributed by atoms with van der Waals surface area (Å²) < 4.78 is 15.2. The Morgan fingerprint density at radius 1 is 1.20 bits per heavy atom. The van der Waals surface area contributed by atoms with Crippen LogP contribution in [-0.4, -0.2) is 38.8 Å². The van der Waals surface area contributed by atoms with Crippen LogP contribution in [0.5, 0.6) is 5.75 Å². The Balaban J connectivity index is 1.38. The number of anilines is 1. The average molecular weight is 429 g/mol. The van der Waals surface area contributed by atoms with E-state index in [1.165, 1.54) is 18.2 Å². The molecule has 0 radical (unpaired) electrons. The van der Waals surface area contributed by atoms with Gasteiger partial charge in [-0.25, -0.2) is 9.07 Å². The molecule has 0 saturated carbocycles. The van der Waals surface area contributed by atoms with Crippen LogP contribution in [0.4, 0.5) is 10.2 Å². The first-order valence-corrected chi connectivity index (χ1v) is 10.2. The molecule has 156 valence electrons. The molecule has 0 unspecified atom stereocenters. The minimum Gasteiger partial charge on any atom is -0.508 e. The lowest BCUT2D eigenvalue weighted by Gasteiger charge is -2.32. The number of phenols is 1. The molecular formula is C22H22ClFN4O2. The Morgan fingerprint density at radius 3 is 2.77 bits per heavy atom. The van der Waals surface area contributed by atoms with Gasteiger partial charge in [0.15, 0.2) is 0 Å². The van der Waals surface area contributed by atoms with Gasteiger partial charge in [0.25, 0.3) is 5.91 Å². The van der Waals surface area contributed by atoms with E-state index >= 15 is 0 Å². The highest BCUT2D eigenvalue weighted by Gasteiger charge is 2.24. The molecule has 1 aliphatic rings. The van der Waals surface area contributed by atoms with Crippen molar-refractivity contribution in [2.75, 3.05) is 18.4 Å². The summed E-state index contributed by atoms with van der Waals surface area (Å²) in [7, 11) is 0. The Bertz CT molecular complexity index is 1050. The standard InChI is InChI=1S/C22H22ClFN4O2/c23-17-4-5-20(29)16(12-17)14-27-10-7-19(8-11-27)28-21(6-9-25-28)26-22(30)15-2-1-3-18(24)13-15/h1-6,9,12-13,19,29H,7-8,10-11,14H2,(H,26,30). The molecule has 1 aliphatic heterocycles. The first kappa shape index (κ1) is 20.4. The largest absolute Gasteiger partial charge is 0.508 e. The van der Waals surface area contributed by atoms with Crippen LogP contribution in [0.15, 0.2) is 54.7 Å². The maximum atomic E-state index is 13.4. The molecule has 1 saturated heterocycles. The number of nitrogens with zero attached hydrogens (tertiary/aromatic N) is 3.